The van der Waals surface area contributed by atoms with Crippen LogP contribution in [0.5, 0.6) is 0 Å². The Morgan fingerprint density at radius 1 is 1.23 bits per heavy atom. The number of hydrogen-bond acceptors (Lipinski definition) is 7. The molecule has 35 heavy (non-hydrogen) atoms. The van der Waals surface area contributed by atoms with E-state index in [-0.39, 0.29) is 18.9 Å². The molecular formula is C23H27N7O5. The molecule has 1 atom stereocenters. The number of nitro groups is 1. The van der Waals surface area contributed by atoms with Crippen molar-refractivity contribution in [2.75, 3.05) is 13.7 Å². The van der Waals surface area contributed by atoms with Crippen LogP contribution >= 0.6 is 0 Å². The number of imidazole rings is 1. The Bertz CT molecular complexity index is 1230. The largest absolute Gasteiger partial charge is 0.467 e. The molecule has 0 saturated heterocycles. The van der Waals surface area contributed by atoms with Crippen LogP contribution in [0.4, 0.5) is 0 Å². The van der Waals surface area contributed by atoms with Gasteiger partial charge in [-0.3, -0.25) is 4.79 Å². The number of aliphatic imine (C=N–C) groups is 1. The van der Waals surface area contributed by atoms with Gasteiger partial charge in [0.1, 0.15) is 11.9 Å². The molecule has 3 aromatic rings. The topological polar surface area (TPSA) is 178 Å². The molecule has 12 heteroatoms. The number of amides is 1. The van der Waals surface area contributed by atoms with Crippen LogP contribution in [-0.2, 0) is 9.53 Å². The van der Waals surface area contributed by atoms with Crippen LogP contribution in [0.25, 0.3) is 22.4 Å². The van der Waals surface area contributed by atoms with Gasteiger partial charge in [0.25, 0.3) is 11.9 Å². The SMILES string of the molecule is COC(=O)[C@H](CCCN=C(N)N[N+](=O)[O-])NC(=O)c1ccc(-c2nc3cc(C)c(C)cc3[nH]2)cc1. The summed E-state index contributed by atoms with van der Waals surface area (Å²) in [5, 5.41) is 12.2. The summed E-state index contributed by atoms with van der Waals surface area (Å²) in [5.41, 5.74) is 12.4. The zero-order valence-electron chi connectivity index (χ0n) is 19.6. The third-order valence-electron chi connectivity index (χ3n) is 5.45. The van der Waals surface area contributed by atoms with Gasteiger partial charge in [0.05, 0.1) is 18.1 Å². The molecule has 0 aliphatic carbocycles. The highest BCUT2D eigenvalue weighted by Crippen LogP contribution is 2.23. The Kier molecular flexibility index (Phi) is 7.97. The number of carbonyl (C=O) groups excluding carboxylic acids is 2. The van der Waals surface area contributed by atoms with E-state index >= 15 is 0 Å². The van der Waals surface area contributed by atoms with Gasteiger partial charge in [-0.05, 0) is 62.1 Å². The van der Waals surface area contributed by atoms with E-state index in [4.69, 9.17) is 10.5 Å². The summed E-state index contributed by atoms with van der Waals surface area (Å²) < 4.78 is 4.77. The fourth-order valence-corrected chi connectivity index (χ4v) is 3.44. The lowest BCUT2D eigenvalue weighted by atomic mass is 10.1. The number of nitrogens with zero attached hydrogens (tertiary/aromatic N) is 3. The zero-order chi connectivity index (χ0) is 25.5. The van der Waals surface area contributed by atoms with Gasteiger partial charge >= 0.3 is 5.97 Å². The molecule has 0 saturated carbocycles. The van der Waals surface area contributed by atoms with E-state index in [2.05, 4.69) is 26.3 Å². The molecule has 0 aliphatic rings. The van der Waals surface area contributed by atoms with E-state index in [9.17, 15) is 19.7 Å². The highest BCUT2D eigenvalue weighted by molar-refractivity contribution is 5.97. The lowest BCUT2D eigenvalue weighted by molar-refractivity contribution is -0.525. The number of rotatable bonds is 9. The molecule has 0 fully saturated rings. The number of nitrogens with two attached hydrogens (primary N) is 1. The first-order valence-electron chi connectivity index (χ1n) is 10.8. The maximum Gasteiger partial charge on any atom is 0.328 e. The van der Waals surface area contributed by atoms with Gasteiger partial charge in [-0.25, -0.2) is 24.9 Å². The van der Waals surface area contributed by atoms with Gasteiger partial charge in [-0.2, -0.15) is 0 Å². The number of benzene rings is 2. The maximum atomic E-state index is 12.7. The summed E-state index contributed by atoms with van der Waals surface area (Å²) in [4.78, 5) is 46.9. The Morgan fingerprint density at radius 3 is 2.57 bits per heavy atom. The number of guanidine groups is 1. The van der Waals surface area contributed by atoms with Crippen LogP contribution in [0.2, 0.25) is 0 Å². The van der Waals surface area contributed by atoms with Crippen molar-refractivity contribution < 1.29 is 19.4 Å². The van der Waals surface area contributed by atoms with Crippen LogP contribution in [0.15, 0.2) is 41.4 Å². The molecule has 0 unspecified atom stereocenters. The van der Waals surface area contributed by atoms with Crippen molar-refractivity contribution in [3.8, 4) is 11.4 Å². The molecule has 1 amide bonds. The maximum absolute atomic E-state index is 12.7. The standard InChI is InChI=1S/C23H27N7O5/c1-13-11-18-19(12-14(13)2)27-20(26-18)15-6-8-16(9-7-15)21(31)28-17(22(32)35-3)5-4-10-25-23(24)29-30(33)34/h6-9,11-12,17H,4-5,10H2,1-3H3,(H,26,27)(H,28,31)(H3,24,25,29)/t17-/m0/s1. The van der Waals surface area contributed by atoms with Gasteiger partial charge in [0, 0.05) is 17.7 Å². The van der Waals surface area contributed by atoms with Crippen LogP contribution in [-0.4, -0.2) is 52.5 Å². The smallest absolute Gasteiger partial charge is 0.328 e. The molecule has 1 heterocycles. The van der Waals surface area contributed by atoms with Crippen LogP contribution in [0.1, 0.15) is 34.3 Å². The molecule has 0 radical (unpaired) electrons. The average Bonchev–Trinajstić information content (AvgIpc) is 3.22. The van der Waals surface area contributed by atoms with Crippen molar-refractivity contribution in [2.24, 2.45) is 10.7 Å². The number of esters is 1. The fraction of sp³-hybridized carbons (Fsp3) is 0.304. The summed E-state index contributed by atoms with van der Waals surface area (Å²) in [6.45, 7) is 4.20. The van der Waals surface area contributed by atoms with E-state index in [1.165, 1.54) is 12.7 Å². The van der Waals surface area contributed by atoms with Crippen molar-refractivity contribution >= 4 is 28.9 Å². The number of carbonyl (C=O) groups is 2. The Balaban J connectivity index is 1.65. The van der Waals surface area contributed by atoms with E-state index in [0.717, 1.165) is 22.2 Å². The monoisotopic (exact) mass is 481 g/mol. The number of ether oxygens (including phenoxy) is 1. The molecule has 5 N–H and O–H groups in total. The Morgan fingerprint density at radius 2 is 1.91 bits per heavy atom. The first-order valence-corrected chi connectivity index (χ1v) is 10.8. The predicted octanol–water partition coefficient (Wildman–Crippen LogP) is 1.99. The number of methoxy groups -OCH3 is 1. The molecule has 0 spiro atoms. The number of H-pyrrole nitrogens is 1. The second kappa shape index (κ2) is 11.1. The van der Waals surface area contributed by atoms with Crippen molar-refractivity contribution in [1.82, 2.24) is 20.7 Å². The quantitative estimate of drug-likeness (QED) is 0.0895. The molecule has 0 bridgehead atoms. The molecule has 3 rings (SSSR count). The molecule has 12 nitrogen and oxygen atoms in total. The molecule has 0 aliphatic heterocycles. The van der Waals surface area contributed by atoms with Gasteiger partial charge in [-0.1, -0.05) is 17.6 Å². The summed E-state index contributed by atoms with van der Waals surface area (Å²) >= 11 is 0. The van der Waals surface area contributed by atoms with Crippen LogP contribution in [0, 0.1) is 24.0 Å². The highest BCUT2D eigenvalue weighted by Gasteiger charge is 2.22. The zero-order valence-corrected chi connectivity index (χ0v) is 19.6. The summed E-state index contributed by atoms with van der Waals surface area (Å²) in [6, 6.07) is 10.0. The lowest BCUT2D eigenvalue weighted by Gasteiger charge is -2.16. The average molecular weight is 482 g/mol. The second-order valence-electron chi connectivity index (χ2n) is 7.94. The van der Waals surface area contributed by atoms with Crippen molar-refractivity contribution in [3.63, 3.8) is 0 Å². The fourth-order valence-electron chi connectivity index (χ4n) is 3.44. The summed E-state index contributed by atoms with van der Waals surface area (Å²) in [5.74, 6) is -0.705. The molecule has 184 valence electrons. The normalized spacial score (nSPS) is 12.3. The Labute approximate surface area is 201 Å². The number of hydrazine groups is 1. The number of aromatic amines is 1. The summed E-state index contributed by atoms with van der Waals surface area (Å²) in [6.07, 6.45) is 0.549. The molecule has 1 aromatic heterocycles. The number of aryl methyl sites for hydroxylation is 2. The first-order chi connectivity index (χ1) is 16.7. The van der Waals surface area contributed by atoms with Gasteiger partial charge in [-0.15, -0.1) is 0 Å². The second-order valence-corrected chi connectivity index (χ2v) is 7.94. The van der Waals surface area contributed by atoms with E-state index in [1.54, 1.807) is 29.7 Å². The minimum Gasteiger partial charge on any atom is -0.467 e. The Hall–Kier alpha value is -4.48. The molecular weight excluding hydrogens is 454 g/mol. The van der Waals surface area contributed by atoms with Crippen LogP contribution in [0.3, 0.4) is 0 Å². The number of aromatic nitrogens is 2. The minimum absolute atomic E-state index is 0.126. The third-order valence-corrected chi connectivity index (χ3v) is 5.45. The highest BCUT2D eigenvalue weighted by atomic mass is 16.7. The van der Waals surface area contributed by atoms with E-state index in [1.807, 2.05) is 19.9 Å². The first kappa shape index (κ1) is 25.1. The van der Waals surface area contributed by atoms with Gasteiger partial charge in [0.2, 0.25) is 0 Å². The van der Waals surface area contributed by atoms with E-state index < -0.39 is 23.0 Å². The van der Waals surface area contributed by atoms with Crippen molar-refractivity contribution in [1.29, 1.82) is 0 Å². The summed E-state index contributed by atoms with van der Waals surface area (Å²) in [7, 11) is 1.23. The predicted molar refractivity (Wildman–Crippen MR) is 130 cm³/mol. The molecule has 2 aromatic carbocycles. The lowest BCUT2D eigenvalue weighted by Crippen LogP contribution is -2.41. The van der Waals surface area contributed by atoms with Crippen molar-refractivity contribution in [2.45, 2.75) is 32.7 Å². The minimum atomic E-state index is -0.908. The van der Waals surface area contributed by atoms with E-state index in [0.29, 0.717) is 17.8 Å². The van der Waals surface area contributed by atoms with Crippen molar-refractivity contribution in [3.05, 3.63) is 63.2 Å². The number of fused-ring (bicyclic) bond motifs is 1. The number of hydrogen-bond donors (Lipinski definition) is 4. The van der Waals surface area contributed by atoms with Gasteiger partial charge in [0.15, 0.2) is 5.03 Å². The number of nitrogens with one attached hydrogen (secondary N) is 3. The van der Waals surface area contributed by atoms with Gasteiger partial charge < -0.3 is 20.8 Å². The van der Waals surface area contributed by atoms with Crippen LogP contribution < -0.4 is 16.5 Å². The third kappa shape index (κ3) is 6.53.